The van der Waals surface area contributed by atoms with Crippen molar-refractivity contribution < 1.29 is 18.3 Å². The first kappa shape index (κ1) is 21.9. The Balaban J connectivity index is 1.63. The second kappa shape index (κ2) is 10.3. The number of hydrogen-bond donors (Lipinski definition) is 1. The molecule has 0 aliphatic rings. The first-order chi connectivity index (χ1) is 14.4. The maximum atomic E-state index is 13.3. The smallest absolute Gasteiger partial charge is 0.287 e. The minimum Gasteiger partial charge on any atom is -0.486 e. The fourth-order valence-corrected chi connectivity index (χ4v) is 3.02. The highest BCUT2D eigenvalue weighted by molar-refractivity contribution is 6.30. The molecule has 3 rings (SSSR count). The molecule has 1 aromatic heterocycles. The molecular formula is C23H24ClFN2O3. The van der Waals surface area contributed by atoms with E-state index in [1.54, 1.807) is 48.5 Å². The highest BCUT2D eigenvalue weighted by Gasteiger charge is 2.19. The number of nitrogens with zero attached hydrogens (tertiary/aromatic N) is 1. The number of rotatable bonds is 9. The fourth-order valence-electron chi connectivity index (χ4n) is 2.90. The van der Waals surface area contributed by atoms with Crippen molar-refractivity contribution in [2.24, 2.45) is 0 Å². The van der Waals surface area contributed by atoms with Crippen molar-refractivity contribution >= 4 is 17.5 Å². The molecule has 0 fully saturated rings. The first-order valence-electron chi connectivity index (χ1n) is 9.59. The molecular weight excluding hydrogens is 407 g/mol. The normalized spacial score (nSPS) is 12.0. The van der Waals surface area contributed by atoms with Crippen LogP contribution in [0.15, 0.2) is 65.1 Å². The summed E-state index contributed by atoms with van der Waals surface area (Å²) >= 11 is 5.86. The summed E-state index contributed by atoms with van der Waals surface area (Å²) in [6.07, 6.45) is 0.678. The molecule has 0 radical (unpaired) electrons. The van der Waals surface area contributed by atoms with Crippen LogP contribution in [0.1, 0.15) is 34.3 Å². The van der Waals surface area contributed by atoms with Gasteiger partial charge in [0.2, 0.25) is 0 Å². The van der Waals surface area contributed by atoms with Gasteiger partial charge in [-0.3, -0.25) is 4.79 Å². The Morgan fingerprint density at radius 2 is 1.80 bits per heavy atom. The van der Waals surface area contributed by atoms with Crippen LogP contribution in [0.5, 0.6) is 5.75 Å². The second-order valence-corrected chi connectivity index (χ2v) is 7.61. The van der Waals surface area contributed by atoms with Crippen molar-refractivity contribution in [2.45, 2.75) is 19.1 Å². The quantitative estimate of drug-likeness (QED) is 0.514. The number of nitrogens with one attached hydrogen (secondary N) is 1. The van der Waals surface area contributed by atoms with Crippen LogP contribution >= 0.6 is 11.6 Å². The Hall–Kier alpha value is -2.83. The van der Waals surface area contributed by atoms with Gasteiger partial charge in [-0.05, 0) is 81.2 Å². The van der Waals surface area contributed by atoms with E-state index in [4.69, 9.17) is 20.8 Å². The number of amides is 1. The lowest BCUT2D eigenvalue weighted by molar-refractivity contribution is 0.0900. The van der Waals surface area contributed by atoms with Crippen LogP contribution in [-0.4, -0.2) is 31.4 Å². The minimum absolute atomic E-state index is 0.191. The molecule has 1 heterocycles. The highest BCUT2D eigenvalue weighted by Crippen LogP contribution is 2.20. The Kier molecular flexibility index (Phi) is 7.49. The third-order valence-electron chi connectivity index (χ3n) is 4.52. The molecule has 7 heteroatoms. The third-order valence-corrected chi connectivity index (χ3v) is 4.77. The van der Waals surface area contributed by atoms with Crippen molar-refractivity contribution in [2.75, 3.05) is 20.6 Å². The zero-order valence-corrected chi connectivity index (χ0v) is 17.7. The van der Waals surface area contributed by atoms with E-state index < -0.39 is 0 Å². The maximum absolute atomic E-state index is 13.3. The van der Waals surface area contributed by atoms with Crippen LogP contribution in [0.2, 0.25) is 5.02 Å². The van der Waals surface area contributed by atoms with Gasteiger partial charge >= 0.3 is 0 Å². The first-order valence-corrected chi connectivity index (χ1v) is 9.96. The summed E-state index contributed by atoms with van der Waals surface area (Å²) in [7, 11) is 3.92. The molecule has 1 unspecified atom stereocenters. The standard InChI is InChI=1S/C23H24ClFN2O3/c1-27(2)14-13-21(16-3-7-18(25)8-4-16)26-23(28)22-12-11-20(30-22)15-29-19-9-5-17(24)6-10-19/h3-12,21H,13-15H2,1-2H3,(H,26,28). The molecule has 0 saturated carbocycles. The van der Waals surface area contributed by atoms with Gasteiger partial charge in [-0.25, -0.2) is 4.39 Å². The molecule has 1 atom stereocenters. The summed E-state index contributed by atoms with van der Waals surface area (Å²) in [5.74, 6) is 0.735. The van der Waals surface area contributed by atoms with Crippen LogP contribution in [0.4, 0.5) is 4.39 Å². The molecule has 5 nitrogen and oxygen atoms in total. The summed E-state index contributed by atoms with van der Waals surface area (Å²) in [6, 6.07) is 16.2. The summed E-state index contributed by atoms with van der Waals surface area (Å²) in [6.45, 7) is 0.956. The molecule has 0 saturated heterocycles. The van der Waals surface area contributed by atoms with Crippen molar-refractivity contribution in [3.05, 3.63) is 88.6 Å². The summed E-state index contributed by atoms with van der Waals surface area (Å²) < 4.78 is 24.6. The number of carbonyl (C=O) groups is 1. The number of benzene rings is 2. The SMILES string of the molecule is CN(C)CCC(NC(=O)c1ccc(COc2ccc(Cl)cc2)o1)c1ccc(F)cc1. The molecule has 2 aromatic carbocycles. The summed E-state index contributed by atoms with van der Waals surface area (Å²) in [4.78, 5) is 14.7. The molecule has 0 spiro atoms. The summed E-state index contributed by atoms with van der Waals surface area (Å²) in [5.41, 5.74) is 0.837. The Morgan fingerprint density at radius 3 is 2.47 bits per heavy atom. The van der Waals surface area contributed by atoms with E-state index >= 15 is 0 Å². The molecule has 30 heavy (non-hydrogen) atoms. The van der Waals surface area contributed by atoms with Crippen molar-refractivity contribution in [3.8, 4) is 5.75 Å². The van der Waals surface area contributed by atoms with Gasteiger partial charge in [-0.2, -0.15) is 0 Å². The van der Waals surface area contributed by atoms with E-state index in [1.165, 1.54) is 12.1 Å². The van der Waals surface area contributed by atoms with Gasteiger partial charge < -0.3 is 19.4 Å². The number of carbonyl (C=O) groups excluding carboxylic acids is 1. The van der Waals surface area contributed by atoms with Crippen LogP contribution < -0.4 is 10.1 Å². The van der Waals surface area contributed by atoms with Crippen LogP contribution in [0, 0.1) is 5.82 Å². The number of hydrogen-bond acceptors (Lipinski definition) is 4. The fraction of sp³-hybridized carbons (Fsp3) is 0.261. The zero-order valence-electron chi connectivity index (χ0n) is 16.9. The van der Waals surface area contributed by atoms with Gasteiger partial charge in [0.25, 0.3) is 5.91 Å². The predicted octanol–water partition coefficient (Wildman–Crippen LogP) is 5.07. The van der Waals surface area contributed by atoms with Gasteiger partial charge in [0.1, 0.15) is 23.9 Å². The molecule has 0 aliphatic carbocycles. The summed E-state index contributed by atoms with van der Waals surface area (Å²) in [5, 5.41) is 3.61. The largest absolute Gasteiger partial charge is 0.486 e. The lowest BCUT2D eigenvalue weighted by Gasteiger charge is -2.21. The Morgan fingerprint density at radius 1 is 1.10 bits per heavy atom. The highest BCUT2D eigenvalue weighted by atomic mass is 35.5. The van der Waals surface area contributed by atoms with Crippen molar-refractivity contribution in [1.82, 2.24) is 10.2 Å². The van der Waals surface area contributed by atoms with E-state index in [9.17, 15) is 9.18 Å². The Labute approximate surface area is 180 Å². The topological polar surface area (TPSA) is 54.7 Å². The van der Waals surface area contributed by atoms with Crippen LogP contribution in [0.25, 0.3) is 0 Å². The average molecular weight is 431 g/mol. The lowest BCUT2D eigenvalue weighted by atomic mass is 10.0. The van der Waals surface area contributed by atoms with Gasteiger partial charge in [0.15, 0.2) is 5.76 Å². The van der Waals surface area contributed by atoms with Crippen LogP contribution in [0.3, 0.4) is 0 Å². The molecule has 1 N–H and O–H groups in total. The third kappa shape index (κ3) is 6.34. The van der Waals surface area contributed by atoms with Gasteiger partial charge in [-0.15, -0.1) is 0 Å². The van der Waals surface area contributed by atoms with E-state index in [0.717, 1.165) is 12.1 Å². The monoisotopic (exact) mass is 430 g/mol. The minimum atomic E-state index is -0.333. The number of halogens is 2. The second-order valence-electron chi connectivity index (χ2n) is 7.18. The van der Waals surface area contributed by atoms with E-state index in [2.05, 4.69) is 5.32 Å². The average Bonchev–Trinajstić information content (AvgIpc) is 3.20. The lowest BCUT2D eigenvalue weighted by Crippen LogP contribution is -2.30. The Bertz CT molecular complexity index is 955. The number of ether oxygens (including phenoxy) is 1. The molecule has 1 amide bonds. The molecule has 158 valence electrons. The zero-order chi connectivity index (χ0) is 21.5. The predicted molar refractivity (Wildman–Crippen MR) is 114 cm³/mol. The van der Waals surface area contributed by atoms with E-state index in [1.807, 2.05) is 19.0 Å². The van der Waals surface area contributed by atoms with Crippen molar-refractivity contribution in [3.63, 3.8) is 0 Å². The van der Waals surface area contributed by atoms with Gasteiger partial charge in [0.05, 0.1) is 6.04 Å². The van der Waals surface area contributed by atoms with Crippen molar-refractivity contribution in [1.29, 1.82) is 0 Å². The van der Waals surface area contributed by atoms with E-state index in [-0.39, 0.29) is 30.1 Å². The maximum Gasteiger partial charge on any atom is 0.287 e. The van der Waals surface area contributed by atoms with Gasteiger partial charge in [0, 0.05) is 5.02 Å². The molecule has 0 bridgehead atoms. The van der Waals surface area contributed by atoms with Crippen LogP contribution in [-0.2, 0) is 6.61 Å². The molecule has 0 aliphatic heterocycles. The van der Waals surface area contributed by atoms with E-state index in [0.29, 0.717) is 23.0 Å². The number of furan rings is 1. The van der Waals surface area contributed by atoms with Gasteiger partial charge in [-0.1, -0.05) is 23.7 Å². The molecule has 3 aromatic rings.